The molecule has 0 radical (unpaired) electrons. The minimum Gasteiger partial charge on any atom is -0.389 e. The minimum absolute atomic E-state index is 0.0468. The van der Waals surface area contributed by atoms with Crippen molar-refractivity contribution < 1.29 is 9.90 Å². The number of nitrogens with zero attached hydrogens (tertiary/aromatic N) is 2. The average molecular weight is 295 g/mol. The number of aromatic amines is 1. The summed E-state index contributed by atoms with van der Waals surface area (Å²) >= 11 is 0. The maximum Gasteiger partial charge on any atom is 0.264 e. The van der Waals surface area contributed by atoms with Gasteiger partial charge in [-0.3, -0.25) is 9.59 Å². The first-order chi connectivity index (χ1) is 9.56. The third-order valence-electron chi connectivity index (χ3n) is 3.13. The van der Waals surface area contributed by atoms with E-state index in [1.54, 1.807) is 20.8 Å². The Balaban J connectivity index is 3.21. The summed E-state index contributed by atoms with van der Waals surface area (Å²) in [5.41, 5.74) is -0.977. The SMILES string of the molecule is CCN(CC(C)(C)O)C(=O)c1c(C)nc(C(C)C)[nH]c1=O. The number of carbonyl (C=O) groups excluding carboxylic acids is 1. The van der Waals surface area contributed by atoms with Crippen molar-refractivity contribution in [3.8, 4) is 0 Å². The molecule has 1 aromatic rings. The van der Waals surface area contributed by atoms with Crippen LogP contribution in [0, 0.1) is 6.92 Å². The molecule has 0 spiro atoms. The smallest absolute Gasteiger partial charge is 0.264 e. The van der Waals surface area contributed by atoms with Gasteiger partial charge in [0.15, 0.2) is 0 Å². The van der Waals surface area contributed by atoms with Crippen molar-refractivity contribution in [3.05, 3.63) is 27.4 Å². The number of amides is 1. The number of hydrogen-bond acceptors (Lipinski definition) is 4. The number of carbonyl (C=O) groups is 1. The summed E-state index contributed by atoms with van der Waals surface area (Å²) in [5, 5.41) is 9.88. The Morgan fingerprint density at radius 1 is 1.43 bits per heavy atom. The fourth-order valence-electron chi connectivity index (χ4n) is 2.09. The van der Waals surface area contributed by atoms with Gasteiger partial charge in [0.05, 0.1) is 11.3 Å². The highest BCUT2D eigenvalue weighted by atomic mass is 16.3. The number of aryl methyl sites for hydroxylation is 1. The zero-order valence-electron chi connectivity index (χ0n) is 13.6. The van der Waals surface area contributed by atoms with Crippen LogP contribution in [0.3, 0.4) is 0 Å². The second-order valence-electron chi connectivity index (χ2n) is 6.20. The maximum atomic E-state index is 12.5. The maximum absolute atomic E-state index is 12.5. The first kappa shape index (κ1) is 17.4. The van der Waals surface area contributed by atoms with Gasteiger partial charge in [0, 0.05) is 19.0 Å². The highest BCUT2D eigenvalue weighted by molar-refractivity contribution is 5.94. The van der Waals surface area contributed by atoms with Crippen LogP contribution in [0.5, 0.6) is 0 Å². The lowest BCUT2D eigenvalue weighted by Gasteiger charge is -2.28. The van der Waals surface area contributed by atoms with Gasteiger partial charge in [0.1, 0.15) is 11.4 Å². The molecule has 0 saturated carbocycles. The summed E-state index contributed by atoms with van der Waals surface area (Å²) < 4.78 is 0. The fraction of sp³-hybridized carbons (Fsp3) is 0.667. The highest BCUT2D eigenvalue weighted by Gasteiger charge is 2.26. The summed E-state index contributed by atoms with van der Waals surface area (Å²) in [6.45, 7) is 11.1. The predicted molar refractivity (Wildman–Crippen MR) is 81.6 cm³/mol. The first-order valence-corrected chi connectivity index (χ1v) is 7.19. The lowest BCUT2D eigenvalue weighted by atomic mass is 10.1. The third-order valence-corrected chi connectivity index (χ3v) is 3.13. The molecule has 0 fully saturated rings. The van der Waals surface area contributed by atoms with Crippen LogP contribution in [0.1, 0.15) is 62.4 Å². The van der Waals surface area contributed by atoms with Crippen molar-refractivity contribution >= 4 is 5.91 Å². The molecule has 6 heteroatoms. The second-order valence-corrected chi connectivity index (χ2v) is 6.20. The van der Waals surface area contributed by atoms with Crippen molar-refractivity contribution in [2.45, 2.75) is 53.1 Å². The van der Waals surface area contributed by atoms with E-state index >= 15 is 0 Å². The van der Waals surface area contributed by atoms with E-state index in [0.717, 1.165) is 0 Å². The van der Waals surface area contributed by atoms with E-state index in [1.807, 2.05) is 20.8 Å². The van der Waals surface area contributed by atoms with Crippen LogP contribution in [0.25, 0.3) is 0 Å². The largest absolute Gasteiger partial charge is 0.389 e. The number of rotatable bonds is 5. The molecule has 0 aliphatic heterocycles. The molecule has 6 nitrogen and oxygen atoms in total. The Morgan fingerprint density at radius 2 is 2.00 bits per heavy atom. The fourth-order valence-corrected chi connectivity index (χ4v) is 2.09. The van der Waals surface area contributed by atoms with Crippen LogP contribution in [-0.4, -0.2) is 44.6 Å². The normalized spacial score (nSPS) is 11.8. The average Bonchev–Trinajstić information content (AvgIpc) is 2.33. The van der Waals surface area contributed by atoms with Gasteiger partial charge in [-0.2, -0.15) is 0 Å². The van der Waals surface area contributed by atoms with Crippen LogP contribution in [-0.2, 0) is 0 Å². The molecule has 1 rings (SSSR count). The molecule has 0 aliphatic carbocycles. The molecular weight excluding hydrogens is 270 g/mol. The van der Waals surface area contributed by atoms with E-state index in [-0.39, 0.29) is 18.0 Å². The zero-order chi connectivity index (χ0) is 16.4. The second kappa shape index (κ2) is 6.39. The van der Waals surface area contributed by atoms with E-state index in [9.17, 15) is 14.7 Å². The lowest BCUT2D eigenvalue weighted by Crippen LogP contribution is -2.44. The van der Waals surface area contributed by atoms with Crippen molar-refractivity contribution in [2.24, 2.45) is 0 Å². The van der Waals surface area contributed by atoms with E-state index in [1.165, 1.54) is 4.90 Å². The zero-order valence-corrected chi connectivity index (χ0v) is 13.6. The van der Waals surface area contributed by atoms with E-state index in [2.05, 4.69) is 9.97 Å². The van der Waals surface area contributed by atoms with Gasteiger partial charge in [-0.05, 0) is 27.7 Å². The van der Waals surface area contributed by atoms with Crippen LogP contribution in [0.2, 0.25) is 0 Å². The molecule has 118 valence electrons. The van der Waals surface area contributed by atoms with Gasteiger partial charge in [-0.1, -0.05) is 13.8 Å². The molecule has 21 heavy (non-hydrogen) atoms. The third kappa shape index (κ3) is 4.39. The van der Waals surface area contributed by atoms with Gasteiger partial charge in [0.25, 0.3) is 11.5 Å². The van der Waals surface area contributed by atoms with Crippen LogP contribution < -0.4 is 5.56 Å². The van der Waals surface area contributed by atoms with Crippen LogP contribution in [0.4, 0.5) is 0 Å². The van der Waals surface area contributed by atoms with Gasteiger partial charge < -0.3 is 15.0 Å². The van der Waals surface area contributed by atoms with Crippen LogP contribution in [0.15, 0.2) is 4.79 Å². The molecule has 1 heterocycles. The summed E-state index contributed by atoms with van der Waals surface area (Å²) in [4.78, 5) is 33.1. The topological polar surface area (TPSA) is 86.3 Å². The standard InChI is InChI=1S/C15H25N3O3/c1-7-18(8-15(5,6)21)14(20)11-10(4)16-12(9(2)3)17-13(11)19/h9,21H,7-8H2,1-6H3,(H,16,17,19). The minimum atomic E-state index is -1.02. The summed E-state index contributed by atoms with van der Waals surface area (Å²) in [7, 11) is 0. The quantitative estimate of drug-likeness (QED) is 0.860. The molecule has 0 atom stereocenters. The van der Waals surface area contributed by atoms with Crippen molar-refractivity contribution in [1.82, 2.24) is 14.9 Å². The lowest BCUT2D eigenvalue weighted by molar-refractivity contribution is 0.0313. The number of H-pyrrole nitrogens is 1. The van der Waals surface area contributed by atoms with Gasteiger partial charge in [0.2, 0.25) is 0 Å². The number of aliphatic hydroxyl groups is 1. The summed E-state index contributed by atoms with van der Waals surface area (Å²) in [6.07, 6.45) is 0. The Bertz CT molecular complexity index is 571. The Hall–Kier alpha value is -1.69. The molecule has 1 amide bonds. The summed E-state index contributed by atoms with van der Waals surface area (Å²) in [5.74, 6) is 0.250. The Labute approximate surface area is 125 Å². The number of likely N-dealkylation sites (N-methyl/N-ethyl adjacent to an activating group) is 1. The highest BCUT2D eigenvalue weighted by Crippen LogP contribution is 2.12. The molecule has 0 saturated heterocycles. The first-order valence-electron chi connectivity index (χ1n) is 7.19. The van der Waals surface area contributed by atoms with E-state index in [4.69, 9.17) is 0 Å². The molecule has 2 N–H and O–H groups in total. The molecule has 0 aromatic carbocycles. The number of nitrogens with one attached hydrogen (secondary N) is 1. The number of hydrogen-bond donors (Lipinski definition) is 2. The summed E-state index contributed by atoms with van der Waals surface area (Å²) in [6, 6.07) is 0. The molecule has 0 aliphatic rings. The van der Waals surface area contributed by atoms with E-state index < -0.39 is 17.1 Å². The number of aromatic nitrogens is 2. The van der Waals surface area contributed by atoms with Crippen molar-refractivity contribution in [2.75, 3.05) is 13.1 Å². The van der Waals surface area contributed by atoms with Crippen molar-refractivity contribution in [1.29, 1.82) is 0 Å². The van der Waals surface area contributed by atoms with Crippen molar-refractivity contribution in [3.63, 3.8) is 0 Å². The predicted octanol–water partition coefficient (Wildman–Crippen LogP) is 1.43. The molecule has 1 aromatic heterocycles. The van der Waals surface area contributed by atoms with Gasteiger partial charge in [-0.25, -0.2) is 4.98 Å². The molecule has 0 bridgehead atoms. The monoisotopic (exact) mass is 295 g/mol. The van der Waals surface area contributed by atoms with Crippen LogP contribution >= 0.6 is 0 Å². The van der Waals surface area contributed by atoms with Gasteiger partial charge >= 0.3 is 0 Å². The molecular formula is C15H25N3O3. The Kier molecular flexibility index (Phi) is 5.28. The molecule has 0 unspecified atom stereocenters. The Morgan fingerprint density at radius 3 is 2.38 bits per heavy atom. The van der Waals surface area contributed by atoms with Gasteiger partial charge in [-0.15, -0.1) is 0 Å². The van der Waals surface area contributed by atoms with E-state index in [0.29, 0.717) is 18.1 Å².